The van der Waals surface area contributed by atoms with Crippen LogP contribution < -0.4 is 4.90 Å². The van der Waals surface area contributed by atoms with Gasteiger partial charge < -0.3 is 9.32 Å². The fourth-order valence-corrected chi connectivity index (χ4v) is 4.07. The lowest BCUT2D eigenvalue weighted by Gasteiger charge is -2.40. The number of aryl methyl sites for hydroxylation is 1. The molecular formula is C19H24FN5O. The van der Waals surface area contributed by atoms with Gasteiger partial charge in [0, 0.05) is 38.4 Å². The van der Waals surface area contributed by atoms with Gasteiger partial charge >= 0.3 is 0 Å². The van der Waals surface area contributed by atoms with Crippen LogP contribution in [0.1, 0.15) is 24.4 Å². The molecule has 1 fully saturated rings. The first-order valence-electron chi connectivity index (χ1n) is 8.98. The van der Waals surface area contributed by atoms with Gasteiger partial charge in [-0.25, -0.2) is 4.39 Å². The molecule has 138 valence electrons. The summed E-state index contributed by atoms with van der Waals surface area (Å²) in [6.45, 7) is 1.87. The van der Waals surface area contributed by atoms with Crippen LogP contribution in [-0.4, -0.2) is 46.8 Å². The molecule has 0 saturated carbocycles. The standard InChI is InChI=1S/C19H24FN5O/c1-23-9-5-6-13(18(23)14-10-21-25(3)12-14)11-24(2)19-22-17-15(20)7-4-8-16(17)26-19/h4,7-8,10,12-13,18H,5-6,9,11H2,1-3H3/t13-,18+/m0/s1. The Morgan fingerprint density at radius 2 is 2.19 bits per heavy atom. The van der Waals surface area contributed by atoms with E-state index in [0.717, 1.165) is 25.9 Å². The number of piperidine rings is 1. The summed E-state index contributed by atoms with van der Waals surface area (Å²) in [5.74, 6) is 0.0688. The highest BCUT2D eigenvalue weighted by Gasteiger charge is 2.32. The Morgan fingerprint density at radius 3 is 2.92 bits per heavy atom. The zero-order valence-electron chi connectivity index (χ0n) is 15.4. The summed E-state index contributed by atoms with van der Waals surface area (Å²) in [6, 6.07) is 5.56. The number of benzene rings is 1. The number of hydrogen-bond donors (Lipinski definition) is 0. The second-order valence-electron chi connectivity index (χ2n) is 7.24. The molecule has 0 amide bonds. The number of aromatic nitrogens is 3. The van der Waals surface area contributed by atoms with E-state index in [1.807, 2.05) is 29.9 Å². The third-order valence-electron chi connectivity index (χ3n) is 5.27. The first-order valence-corrected chi connectivity index (χ1v) is 8.98. The van der Waals surface area contributed by atoms with Crippen molar-refractivity contribution in [3.8, 4) is 0 Å². The Hall–Kier alpha value is -2.41. The van der Waals surface area contributed by atoms with Gasteiger partial charge in [0.1, 0.15) is 5.52 Å². The maximum Gasteiger partial charge on any atom is 0.298 e. The summed E-state index contributed by atoms with van der Waals surface area (Å²) in [5, 5.41) is 4.34. The van der Waals surface area contributed by atoms with Gasteiger partial charge in [-0.15, -0.1) is 0 Å². The Morgan fingerprint density at radius 1 is 1.35 bits per heavy atom. The molecule has 0 spiro atoms. The van der Waals surface area contributed by atoms with Crippen molar-refractivity contribution in [1.29, 1.82) is 0 Å². The maximum atomic E-state index is 13.9. The molecule has 1 aromatic carbocycles. The second-order valence-corrected chi connectivity index (χ2v) is 7.24. The summed E-state index contributed by atoms with van der Waals surface area (Å²) in [4.78, 5) is 8.74. The quantitative estimate of drug-likeness (QED) is 0.718. The average molecular weight is 357 g/mol. The minimum atomic E-state index is -0.350. The Bertz CT molecular complexity index is 904. The van der Waals surface area contributed by atoms with Crippen molar-refractivity contribution in [3.05, 3.63) is 42.0 Å². The van der Waals surface area contributed by atoms with E-state index in [9.17, 15) is 4.39 Å². The van der Waals surface area contributed by atoms with Crippen LogP contribution in [0.25, 0.3) is 11.1 Å². The molecule has 0 unspecified atom stereocenters. The molecule has 0 aliphatic carbocycles. The highest BCUT2D eigenvalue weighted by atomic mass is 19.1. The lowest BCUT2D eigenvalue weighted by molar-refractivity contribution is 0.124. The van der Waals surface area contributed by atoms with Gasteiger partial charge in [-0.3, -0.25) is 9.58 Å². The van der Waals surface area contributed by atoms with Crippen molar-refractivity contribution in [3.63, 3.8) is 0 Å². The molecule has 26 heavy (non-hydrogen) atoms. The highest BCUT2D eigenvalue weighted by Crippen LogP contribution is 2.36. The maximum absolute atomic E-state index is 13.9. The first-order chi connectivity index (χ1) is 12.5. The van der Waals surface area contributed by atoms with Gasteiger partial charge in [0.25, 0.3) is 6.01 Å². The normalized spacial score (nSPS) is 21.4. The molecule has 3 heterocycles. The monoisotopic (exact) mass is 357 g/mol. The molecule has 0 bridgehead atoms. The molecule has 1 aliphatic rings. The van der Waals surface area contributed by atoms with Crippen LogP contribution in [-0.2, 0) is 7.05 Å². The molecule has 6 nitrogen and oxygen atoms in total. The number of likely N-dealkylation sites (tertiary alicyclic amines) is 1. The molecule has 3 aromatic rings. The fraction of sp³-hybridized carbons (Fsp3) is 0.474. The third kappa shape index (κ3) is 3.07. The van der Waals surface area contributed by atoms with E-state index >= 15 is 0 Å². The zero-order valence-corrected chi connectivity index (χ0v) is 15.4. The van der Waals surface area contributed by atoms with E-state index in [0.29, 0.717) is 29.1 Å². The van der Waals surface area contributed by atoms with E-state index in [4.69, 9.17) is 4.42 Å². The largest absolute Gasteiger partial charge is 0.423 e. The number of fused-ring (bicyclic) bond motifs is 1. The minimum Gasteiger partial charge on any atom is -0.423 e. The number of para-hydroxylation sites is 1. The molecule has 7 heteroatoms. The molecule has 1 saturated heterocycles. The smallest absolute Gasteiger partial charge is 0.298 e. The minimum absolute atomic E-state index is 0.291. The number of nitrogens with zero attached hydrogens (tertiary/aromatic N) is 5. The summed E-state index contributed by atoms with van der Waals surface area (Å²) >= 11 is 0. The first kappa shape index (κ1) is 17.0. The highest BCUT2D eigenvalue weighted by molar-refractivity contribution is 5.75. The van der Waals surface area contributed by atoms with Crippen LogP contribution in [0.15, 0.2) is 35.0 Å². The summed E-state index contributed by atoms with van der Waals surface area (Å²) in [5.41, 5.74) is 2.01. The van der Waals surface area contributed by atoms with Gasteiger partial charge in [0.15, 0.2) is 11.4 Å². The van der Waals surface area contributed by atoms with Crippen molar-refractivity contribution in [2.75, 3.05) is 32.1 Å². The third-order valence-corrected chi connectivity index (χ3v) is 5.27. The predicted octanol–water partition coefficient (Wildman–Crippen LogP) is 3.22. The SMILES string of the molecule is CN(C[C@@H]1CCCN(C)[C@H]1c1cnn(C)c1)c1nc2c(F)cccc2o1. The van der Waals surface area contributed by atoms with Crippen molar-refractivity contribution in [2.45, 2.75) is 18.9 Å². The van der Waals surface area contributed by atoms with Crippen LogP contribution in [0.3, 0.4) is 0 Å². The van der Waals surface area contributed by atoms with Crippen molar-refractivity contribution < 1.29 is 8.81 Å². The van der Waals surface area contributed by atoms with Crippen LogP contribution in [0, 0.1) is 11.7 Å². The van der Waals surface area contributed by atoms with Gasteiger partial charge in [-0.05, 0) is 44.5 Å². The Kier molecular flexibility index (Phi) is 4.40. The van der Waals surface area contributed by atoms with Crippen LogP contribution in [0.4, 0.5) is 10.4 Å². The van der Waals surface area contributed by atoms with Crippen LogP contribution in [0.5, 0.6) is 0 Å². The summed E-state index contributed by atoms with van der Waals surface area (Å²) in [6.07, 6.45) is 6.33. The summed E-state index contributed by atoms with van der Waals surface area (Å²) < 4.78 is 21.5. The number of oxazole rings is 1. The summed E-state index contributed by atoms with van der Waals surface area (Å²) in [7, 11) is 6.07. The van der Waals surface area contributed by atoms with Gasteiger partial charge in [-0.2, -0.15) is 10.1 Å². The average Bonchev–Trinajstić information content (AvgIpc) is 3.22. The number of rotatable bonds is 4. The van der Waals surface area contributed by atoms with Gasteiger partial charge in [0.05, 0.1) is 6.20 Å². The van der Waals surface area contributed by atoms with Gasteiger partial charge in [0.2, 0.25) is 0 Å². The molecule has 0 N–H and O–H groups in total. The van der Waals surface area contributed by atoms with Crippen molar-refractivity contribution in [1.82, 2.24) is 19.7 Å². The molecule has 1 aliphatic heterocycles. The molecule has 2 aromatic heterocycles. The van der Waals surface area contributed by atoms with E-state index in [1.165, 1.54) is 11.6 Å². The van der Waals surface area contributed by atoms with Crippen molar-refractivity contribution in [2.24, 2.45) is 13.0 Å². The Labute approximate surface area is 152 Å². The van der Waals surface area contributed by atoms with E-state index in [2.05, 4.69) is 28.2 Å². The topological polar surface area (TPSA) is 50.3 Å². The second kappa shape index (κ2) is 6.72. The lowest BCUT2D eigenvalue weighted by Crippen LogP contribution is -2.41. The van der Waals surface area contributed by atoms with Crippen LogP contribution >= 0.6 is 0 Å². The van der Waals surface area contributed by atoms with E-state index in [1.54, 1.807) is 12.1 Å². The number of anilines is 1. The molecule has 0 radical (unpaired) electrons. The Balaban J connectivity index is 1.58. The number of hydrogen-bond acceptors (Lipinski definition) is 5. The van der Waals surface area contributed by atoms with Crippen LogP contribution in [0.2, 0.25) is 0 Å². The van der Waals surface area contributed by atoms with Gasteiger partial charge in [-0.1, -0.05) is 6.07 Å². The molecule has 2 atom stereocenters. The fourth-order valence-electron chi connectivity index (χ4n) is 4.07. The van der Waals surface area contributed by atoms with Crippen molar-refractivity contribution >= 4 is 17.1 Å². The molecular weight excluding hydrogens is 333 g/mol. The lowest BCUT2D eigenvalue weighted by atomic mass is 9.86. The predicted molar refractivity (Wildman–Crippen MR) is 98.5 cm³/mol. The van der Waals surface area contributed by atoms with E-state index in [-0.39, 0.29) is 5.82 Å². The van der Waals surface area contributed by atoms with E-state index < -0.39 is 0 Å². The number of halogens is 1. The molecule has 4 rings (SSSR count). The zero-order chi connectivity index (χ0) is 18.3.